The zero-order chi connectivity index (χ0) is 19.5. The first-order valence-electron chi connectivity index (χ1n) is 9.65. The molecule has 1 fully saturated rings. The van der Waals surface area contributed by atoms with Crippen molar-refractivity contribution >= 4 is 35.8 Å². The average molecular weight is 504 g/mol. The van der Waals surface area contributed by atoms with Gasteiger partial charge < -0.3 is 25.4 Å². The van der Waals surface area contributed by atoms with E-state index in [4.69, 9.17) is 15.2 Å². The van der Waals surface area contributed by atoms with E-state index in [1.54, 1.807) is 7.11 Å². The summed E-state index contributed by atoms with van der Waals surface area (Å²) in [6.45, 7) is 6.23. The molecule has 2 rings (SSSR count). The molecule has 0 saturated carbocycles. The lowest BCUT2D eigenvalue weighted by molar-refractivity contribution is -0.119. The first kappa shape index (κ1) is 24.5. The third-order valence-corrected chi connectivity index (χ3v) is 4.59. The number of para-hydroxylation sites is 1. The third kappa shape index (κ3) is 8.22. The van der Waals surface area contributed by atoms with E-state index >= 15 is 0 Å². The van der Waals surface area contributed by atoms with Crippen LogP contribution in [0.5, 0.6) is 5.75 Å². The maximum atomic E-state index is 11.2. The number of likely N-dealkylation sites (tertiary alicyclic amines) is 1. The molecule has 3 N–H and O–H groups in total. The maximum absolute atomic E-state index is 11.2. The predicted molar refractivity (Wildman–Crippen MR) is 122 cm³/mol. The molecule has 7 nitrogen and oxygen atoms in total. The van der Waals surface area contributed by atoms with Gasteiger partial charge in [-0.1, -0.05) is 18.2 Å². The van der Waals surface area contributed by atoms with E-state index in [-0.39, 0.29) is 29.9 Å². The number of amides is 1. The molecule has 0 aromatic heterocycles. The zero-order valence-electron chi connectivity index (χ0n) is 16.9. The normalized spacial score (nSPS) is 17.0. The van der Waals surface area contributed by atoms with Gasteiger partial charge in [-0.05, 0) is 31.7 Å². The number of hydrogen-bond donors (Lipinski definition) is 2. The van der Waals surface area contributed by atoms with E-state index in [9.17, 15) is 4.79 Å². The molecule has 28 heavy (non-hydrogen) atoms. The van der Waals surface area contributed by atoms with Gasteiger partial charge in [0.2, 0.25) is 5.91 Å². The van der Waals surface area contributed by atoms with Crippen LogP contribution in [-0.4, -0.2) is 56.7 Å². The van der Waals surface area contributed by atoms with E-state index in [0.29, 0.717) is 32.1 Å². The minimum absolute atomic E-state index is 0. The van der Waals surface area contributed by atoms with Gasteiger partial charge >= 0.3 is 0 Å². The van der Waals surface area contributed by atoms with Crippen molar-refractivity contribution in [3.8, 4) is 5.75 Å². The molecule has 1 atom stereocenters. The molecule has 8 heteroatoms. The van der Waals surface area contributed by atoms with Crippen LogP contribution in [0.25, 0.3) is 0 Å². The highest BCUT2D eigenvalue weighted by molar-refractivity contribution is 14.0. The Balaban J connectivity index is 0.00000392. The molecule has 0 bridgehead atoms. The van der Waals surface area contributed by atoms with Crippen molar-refractivity contribution < 1.29 is 14.3 Å². The smallest absolute Gasteiger partial charge is 0.217 e. The molecule has 1 amide bonds. The van der Waals surface area contributed by atoms with E-state index in [2.05, 4.69) is 22.1 Å². The van der Waals surface area contributed by atoms with Crippen LogP contribution in [0.3, 0.4) is 0 Å². The molecule has 1 aliphatic heterocycles. The van der Waals surface area contributed by atoms with Gasteiger partial charge in [-0.3, -0.25) is 9.79 Å². The van der Waals surface area contributed by atoms with E-state index < -0.39 is 0 Å². The van der Waals surface area contributed by atoms with Crippen LogP contribution in [0.1, 0.15) is 31.7 Å². The van der Waals surface area contributed by atoms with Crippen molar-refractivity contribution in [1.29, 1.82) is 0 Å². The number of nitrogens with one attached hydrogen (secondary N) is 1. The largest absolute Gasteiger partial charge is 0.496 e. The summed E-state index contributed by atoms with van der Waals surface area (Å²) in [5.41, 5.74) is 6.39. The van der Waals surface area contributed by atoms with Gasteiger partial charge in [0.15, 0.2) is 5.96 Å². The lowest BCUT2D eigenvalue weighted by Crippen LogP contribution is -2.47. The second-order valence-corrected chi connectivity index (χ2v) is 6.72. The van der Waals surface area contributed by atoms with Crippen LogP contribution < -0.4 is 15.8 Å². The number of piperidine rings is 1. The van der Waals surface area contributed by atoms with Gasteiger partial charge in [0, 0.05) is 31.6 Å². The van der Waals surface area contributed by atoms with Gasteiger partial charge in [-0.2, -0.15) is 0 Å². The van der Waals surface area contributed by atoms with E-state index in [0.717, 1.165) is 49.7 Å². The Morgan fingerprint density at radius 3 is 2.89 bits per heavy atom. The number of carbonyl (C=O) groups excluding carboxylic acids is 1. The Morgan fingerprint density at radius 1 is 1.39 bits per heavy atom. The fourth-order valence-corrected chi connectivity index (χ4v) is 3.35. The van der Waals surface area contributed by atoms with Crippen LogP contribution in [0.2, 0.25) is 0 Å². The number of nitrogens with two attached hydrogens (primary N) is 1. The Bertz CT molecular complexity index is 627. The van der Waals surface area contributed by atoms with Crippen LogP contribution in [0.4, 0.5) is 0 Å². The standard InChI is InChI=1S/C20H32N4O3.HI/c1-3-22-20(24-11-6-7-16(14-24)13-19(21)25)23-10-12-27-15-17-8-4-5-9-18(17)26-2;/h4-5,8-9,16H,3,6-7,10-15H2,1-2H3,(H2,21,25)(H,22,23);1H. The van der Waals surface area contributed by atoms with Gasteiger partial charge in [-0.25, -0.2) is 0 Å². The van der Waals surface area contributed by atoms with Crippen molar-refractivity contribution in [3.05, 3.63) is 29.8 Å². The monoisotopic (exact) mass is 504 g/mol. The molecule has 0 spiro atoms. The number of benzene rings is 1. The summed E-state index contributed by atoms with van der Waals surface area (Å²) in [7, 11) is 1.66. The number of hydrogen-bond acceptors (Lipinski definition) is 4. The molecule has 0 aliphatic carbocycles. The van der Waals surface area contributed by atoms with Crippen molar-refractivity contribution in [2.24, 2.45) is 16.6 Å². The van der Waals surface area contributed by atoms with Crippen LogP contribution in [0.15, 0.2) is 29.3 Å². The second kappa shape index (κ2) is 13.6. The summed E-state index contributed by atoms with van der Waals surface area (Å²) in [6, 6.07) is 7.85. The van der Waals surface area contributed by atoms with Gasteiger partial charge in [0.1, 0.15) is 5.75 Å². The molecular formula is C20H33IN4O3. The lowest BCUT2D eigenvalue weighted by Gasteiger charge is -2.34. The first-order valence-corrected chi connectivity index (χ1v) is 9.65. The molecule has 158 valence electrons. The van der Waals surface area contributed by atoms with Gasteiger partial charge in [0.05, 0.1) is 26.9 Å². The maximum Gasteiger partial charge on any atom is 0.217 e. The first-order chi connectivity index (χ1) is 13.1. The van der Waals surface area contributed by atoms with Gasteiger partial charge in [0.25, 0.3) is 0 Å². The fraction of sp³-hybridized carbons (Fsp3) is 0.600. The number of rotatable bonds is 9. The number of primary amides is 1. The highest BCUT2D eigenvalue weighted by atomic mass is 127. The number of ether oxygens (including phenoxy) is 2. The molecule has 1 aromatic rings. The number of aliphatic imine (C=N–C) groups is 1. The number of carbonyl (C=O) groups is 1. The average Bonchev–Trinajstić information content (AvgIpc) is 2.67. The summed E-state index contributed by atoms with van der Waals surface area (Å²) >= 11 is 0. The van der Waals surface area contributed by atoms with Crippen LogP contribution in [-0.2, 0) is 16.1 Å². The van der Waals surface area contributed by atoms with E-state index in [1.807, 2.05) is 24.3 Å². The predicted octanol–water partition coefficient (Wildman–Crippen LogP) is 2.38. The fourth-order valence-electron chi connectivity index (χ4n) is 3.35. The Morgan fingerprint density at radius 2 is 2.18 bits per heavy atom. The van der Waals surface area contributed by atoms with Crippen LogP contribution in [0, 0.1) is 5.92 Å². The van der Waals surface area contributed by atoms with Crippen molar-refractivity contribution in [2.45, 2.75) is 32.8 Å². The summed E-state index contributed by atoms with van der Waals surface area (Å²) in [5, 5.41) is 3.34. The number of methoxy groups -OCH3 is 1. The molecule has 1 heterocycles. The summed E-state index contributed by atoms with van der Waals surface area (Å²) < 4.78 is 11.1. The Hall–Kier alpha value is -1.55. The van der Waals surface area contributed by atoms with Crippen molar-refractivity contribution in [2.75, 3.05) is 39.9 Å². The SMILES string of the molecule is CCNC(=NCCOCc1ccccc1OC)N1CCCC(CC(N)=O)C1.I. The molecule has 1 unspecified atom stereocenters. The minimum atomic E-state index is -0.228. The third-order valence-electron chi connectivity index (χ3n) is 4.59. The number of halogens is 1. The summed E-state index contributed by atoms with van der Waals surface area (Å²) in [4.78, 5) is 18.1. The Labute approximate surface area is 185 Å². The topological polar surface area (TPSA) is 89.2 Å². The molecule has 1 aliphatic rings. The lowest BCUT2D eigenvalue weighted by atomic mass is 9.95. The van der Waals surface area contributed by atoms with Crippen molar-refractivity contribution in [1.82, 2.24) is 10.2 Å². The van der Waals surface area contributed by atoms with E-state index in [1.165, 1.54) is 0 Å². The summed E-state index contributed by atoms with van der Waals surface area (Å²) in [5.74, 6) is 1.80. The molecule has 1 saturated heterocycles. The number of guanidine groups is 1. The van der Waals surface area contributed by atoms with Gasteiger partial charge in [-0.15, -0.1) is 24.0 Å². The molecular weight excluding hydrogens is 471 g/mol. The second-order valence-electron chi connectivity index (χ2n) is 6.72. The van der Waals surface area contributed by atoms with Crippen molar-refractivity contribution in [3.63, 3.8) is 0 Å². The Kier molecular flexibility index (Phi) is 11.9. The van der Waals surface area contributed by atoms with Crippen LogP contribution >= 0.6 is 24.0 Å². The number of nitrogens with zero attached hydrogens (tertiary/aromatic N) is 2. The molecule has 0 radical (unpaired) electrons. The minimum Gasteiger partial charge on any atom is -0.496 e. The highest BCUT2D eigenvalue weighted by Gasteiger charge is 2.23. The zero-order valence-corrected chi connectivity index (χ0v) is 19.2. The highest BCUT2D eigenvalue weighted by Crippen LogP contribution is 2.20. The molecule has 1 aromatic carbocycles. The quantitative estimate of drug-likeness (QED) is 0.233. The summed E-state index contributed by atoms with van der Waals surface area (Å²) in [6.07, 6.45) is 2.53.